The Morgan fingerprint density at radius 1 is 0.372 bits per heavy atom. The largest absolute Gasteiger partial charge is 0.308 e. The number of hydrogen-bond donors (Lipinski definition) is 0. The molecule has 0 N–H and O–H groups in total. The summed E-state index contributed by atoms with van der Waals surface area (Å²) in [6, 6.07) is 55.3. The Hall–Kier alpha value is -4.96. The van der Waals surface area contributed by atoms with Gasteiger partial charge in [-0.15, -0.1) is 22.7 Å². The summed E-state index contributed by atoms with van der Waals surface area (Å²) in [6.07, 6.45) is 0. The number of fused-ring (bicyclic) bond motifs is 8. The van der Waals surface area contributed by atoms with Gasteiger partial charge in [0.25, 0.3) is 0 Å². The summed E-state index contributed by atoms with van der Waals surface area (Å²) < 4.78 is 5.28. The van der Waals surface area contributed by atoms with Crippen molar-refractivity contribution in [1.29, 1.82) is 0 Å². The molecular weight excluding hydrogens is 559 g/mol. The summed E-state index contributed by atoms with van der Waals surface area (Å²) in [5, 5.41) is 7.81. The molecule has 0 radical (unpaired) electrons. The summed E-state index contributed by atoms with van der Waals surface area (Å²) in [5.74, 6) is 0. The van der Waals surface area contributed by atoms with Gasteiger partial charge in [-0.25, -0.2) is 0 Å². The van der Waals surface area contributed by atoms with Crippen LogP contribution in [-0.2, 0) is 0 Å². The molecule has 9 aromatic rings. The van der Waals surface area contributed by atoms with E-state index < -0.39 is 0 Å². The van der Waals surface area contributed by atoms with Crippen LogP contribution in [0, 0.1) is 0 Å². The van der Waals surface area contributed by atoms with Crippen LogP contribution in [0.4, 0.5) is 17.1 Å². The molecule has 3 heteroatoms. The van der Waals surface area contributed by atoms with Crippen LogP contribution in [-0.4, -0.2) is 0 Å². The normalized spacial score (nSPS) is 11.7. The molecule has 2 heterocycles. The predicted octanol–water partition coefficient (Wildman–Crippen LogP) is 12.7. The minimum atomic E-state index is 1.15. The molecule has 2 aromatic heterocycles. The van der Waals surface area contributed by atoms with Gasteiger partial charge < -0.3 is 4.90 Å². The average Bonchev–Trinajstić information content (AvgIpc) is 3.65. The second-order valence-corrected chi connectivity index (χ2v) is 13.0. The lowest BCUT2D eigenvalue weighted by molar-refractivity contribution is 1.32. The Kier molecular flexibility index (Phi) is 5.62. The van der Waals surface area contributed by atoms with Gasteiger partial charge in [0.2, 0.25) is 0 Å². The maximum Gasteiger partial charge on any atom is 0.0640 e. The molecule has 9 rings (SSSR count). The molecule has 0 saturated carbocycles. The van der Waals surface area contributed by atoms with Gasteiger partial charge in [0.1, 0.15) is 0 Å². The van der Waals surface area contributed by atoms with Gasteiger partial charge in [-0.3, -0.25) is 0 Å². The van der Waals surface area contributed by atoms with Crippen molar-refractivity contribution in [2.75, 3.05) is 4.90 Å². The van der Waals surface area contributed by atoms with E-state index in [-0.39, 0.29) is 0 Å². The SMILES string of the molecule is c1ccc(-c2ccc(N(c3cccc4c3sc3ccccc34)c3cccc4ccc5c6ccccc6sc5c34)cc2)cc1. The van der Waals surface area contributed by atoms with E-state index in [1.807, 2.05) is 22.7 Å². The molecule has 0 atom stereocenters. The second-order valence-electron chi connectivity index (χ2n) is 10.9. The molecule has 0 bridgehead atoms. The second kappa shape index (κ2) is 9.81. The maximum atomic E-state index is 2.48. The summed E-state index contributed by atoms with van der Waals surface area (Å²) in [7, 11) is 0. The molecule has 202 valence electrons. The van der Waals surface area contributed by atoms with Gasteiger partial charge in [-0.2, -0.15) is 0 Å². The van der Waals surface area contributed by atoms with E-state index in [0.29, 0.717) is 0 Å². The highest BCUT2D eigenvalue weighted by Gasteiger charge is 2.21. The van der Waals surface area contributed by atoms with Gasteiger partial charge in [0.15, 0.2) is 0 Å². The third-order valence-corrected chi connectivity index (χ3v) is 10.9. The number of anilines is 3. The lowest BCUT2D eigenvalue weighted by atomic mass is 10.0. The Morgan fingerprint density at radius 2 is 0.953 bits per heavy atom. The first kappa shape index (κ1) is 24.6. The van der Waals surface area contributed by atoms with E-state index in [2.05, 4.69) is 157 Å². The van der Waals surface area contributed by atoms with E-state index in [1.54, 1.807) is 0 Å². The smallest absolute Gasteiger partial charge is 0.0640 e. The van der Waals surface area contributed by atoms with Crippen molar-refractivity contribution in [3.63, 3.8) is 0 Å². The zero-order valence-electron chi connectivity index (χ0n) is 23.2. The molecule has 7 aromatic carbocycles. The summed E-state index contributed by atoms with van der Waals surface area (Å²) in [5.41, 5.74) is 6.00. The fourth-order valence-corrected chi connectivity index (χ4v) is 8.94. The van der Waals surface area contributed by atoms with E-state index in [0.717, 1.165) is 5.69 Å². The van der Waals surface area contributed by atoms with Gasteiger partial charge in [0, 0.05) is 46.7 Å². The van der Waals surface area contributed by atoms with Gasteiger partial charge >= 0.3 is 0 Å². The average molecular weight is 584 g/mol. The number of hydrogen-bond acceptors (Lipinski definition) is 3. The Bertz CT molecular complexity index is 2450. The molecule has 0 saturated heterocycles. The van der Waals surface area contributed by atoms with Crippen LogP contribution >= 0.6 is 22.7 Å². The number of benzene rings is 7. The molecule has 0 fully saturated rings. The molecule has 0 unspecified atom stereocenters. The standard InChI is InChI=1S/C40H25NS2/c1-2-10-26(11-3-1)27-20-23-29(24-21-27)41(35-17-9-15-32-30-13-4-6-18-36(30)42-39(32)35)34-16-8-12-28-22-25-33-31-14-5-7-19-37(31)43-40(33)38(28)34/h1-25H. The quantitative estimate of drug-likeness (QED) is 0.199. The molecular formula is C40H25NS2. The lowest BCUT2D eigenvalue weighted by Crippen LogP contribution is -2.10. The fourth-order valence-electron chi connectivity index (χ4n) is 6.47. The van der Waals surface area contributed by atoms with Crippen LogP contribution < -0.4 is 4.90 Å². The minimum Gasteiger partial charge on any atom is -0.308 e. The van der Waals surface area contributed by atoms with Crippen molar-refractivity contribution in [3.05, 3.63) is 152 Å². The highest BCUT2D eigenvalue weighted by Crippen LogP contribution is 2.49. The van der Waals surface area contributed by atoms with Crippen LogP contribution in [0.15, 0.2) is 152 Å². The molecule has 0 aliphatic heterocycles. The zero-order chi connectivity index (χ0) is 28.3. The fraction of sp³-hybridized carbons (Fsp3) is 0. The van der Waals surface area contributed by atoms with Crippen molar-refractivity contribution < 1.29 is 0 Å². The number of thiophene rings is 2. The third kappa shape index (κ3) is 3.90. The van der Waals surface area contributed by atoms with Crippen LogP contribution in [0.5, 0.6) is 0 Å². The first-order valence-electron chi connectivity index (χ1n) is 14.5. The molecule has 0 aliphatic carbocycles. The van der Waals surface area contributed by atoms with Gasteiger partial charge in [0.05, 0.1) is 16.1 Å². The monoisotopic (exact) mass is 583 g/mol. The zero-order valence-corrected chi connectivity index (χ0v) is 24.8. The summed E-state index contributed by atoms with van der Waals surface area (Å²) >= 11 is 3.78. The van der Waals surface area contributed by atoms with Crippen molar-refractivity contribution in [2.24, 2.45) is 0 Å². The summed E-state index contributed by atoms with van der Waals surface area (Å²) in [4.78, 5) is 2.48. The van der Waals surface area contributed by atoms with Crippen molar-refractivity contribution in [1.82, 2.24) is 0 Å². The van der Waals surface area contributed by atoms with Crippen LogP contribution in [0.25, 0.3) is 62.2 Å². The molecule has 0 aliphatic rings. The highest BCUT2D eigenvalue weighted by molar-refractivity contribution is 7.27. The van der Waals surface area contributed by atoms with Crippen LogP contribution in [0.1, 0.15) is 0 Å². The van der Waals surface area contributed by atoms with Crippen molar-refractivity contribution >= 4 is 90.9 Å². The van der Waals surface area contributed by atoms with E-state index >= 15 is 0 Å². The topological polar surface area (TPSA) is 3.24 Å². The van der Waals surface area contributed by atoms with E-state index in [9.17, 15) is 0 Å². The molecule has 0 spiro atoms. The van der Waals surface area contributed by atoms with E-state index in [1.165, 1.54) is 73.6 Å². The Labute approximate surface area is 257 Å². The molecule has 1 nitrogen and oxygen atoms in total. The van der Waals surface area contributed by atoms with E-state index in [4.69, 9.17) is 0 Å². The first-order chi connectivity index (χ1) is 21.3. The predicted molar refractivity (Wildman–Crippen MR) is 190 cm³/mol. The highest BCUT2D eigenvalue weighted by atomic mass is 32.1. The van der Waals surface area contributed by atoms with Crippen molar-refractivity contribution in [3.8, 4) is 11.1 Å². The maximum absolute atomic E-state index is 2.48. The number of nitrogens with zero attached hydrogens (tertiary/aromatic N) is 1. The van der Waals surface area contributed by atoms with Crippen LogP contribution in [0.2, 0.25) is 0 Å². The number of rotatable bonds is 4. The Balaban J connectivity index is 1.36. The molecule has 43 heavy (non-hydrogen) atoms. The van der Waals surface area contributed by atoms with Gasteiger partial charge in [-0.1, -0.05) is 115 Å². The summed E-state index contributed by atoms with van der Waals surface area (Å²) in [6.45, 7) is 0. The van der Waals surface area contributed by atoms with Crippen molar-refractivity contribution in [2.45, 2.75) is 0 Å². The molecule has 0 amide bonds. The minimum absolute atomic E-state index is 1.15. The van der Waals surface area contributed by atoms with Gasteiger partial charge in [-0.05, 0) is 52.9 Å². The third-order valence-electron chi connectivity index (χ3n) is 8.46. The first-order valence-corrected chi connectivity index (χ1v) is 16.2. The Morgan fingerprint density at radius 3 is 1.72 bits per heavy atom. The lowest BCUT2D eigenvalue weighted by Gasteiger charge is -2.28. The van der Waals surface area contributed by atoms with Crippen LogP contribution in [0.3, 0.4) is 0 Å².